The third-order valence-electron chi connectivity index (χ3n) is 2.37. The molecule has 20 heavy (non-hydrogen) atoms. The predicted molar refractivity (Wildman–Crippen MR) is 61.9 cm³/mol. The van der Waals surface area contributed by atoms with E-state index in [1.807, 2.05) is 0 Å². The number of alkyl halides is 3. The van der Waals surface area contributed by atoms with Gasteiger partial charge in [0.25, 0.3) is 0 Å². The van der Waals surface area contributed by atoms with Crippen molar-refractivity contribution in [2.75, 3.05) is 0 Å². The number of H-pyrrole nitrogens is 1. The number of aromatic amines is 1. The van der Waals surface area contributed by atoms with E-state index < -0.39 is 23.0 Å². The molecule has 1 N–H and O–H groups in total. The molecule has 2 heterocycles. The van der Waals surface area contributed by atoms with Gasteiger partial charge < -0.3 is 4.52 Å². The van der Waals surface area contributed by atoms with E-state index in [0.29, 0.717) is 6.07 Å². The molecule has 0 bridgehead atoms. The fourth-order valence-corrected chi connectivity index (χ4v) is 1.39. The van der Waals surface area contributed by atoms with Crippen molar-refractivity contribution in [3.8, 4) is 11.5 Å². The van der Waals surface area contributed by atoms with Crippen LogP contribution in [0.4, 0.5) is 13.2 Å². The molecule has 0 aliphatic heterocycles. The van der Waals surface area contributed by atoms with Crippen molar-refractivity contribution < 1.29 is 17.7 Å². The number of rotatable bonds is 1. The molecule has 0 radical (unpaired) electrons. The third-order valence-corrected chi connectivity index (χ3v) is 2.37. The highest BCUT2D eigenvalue weighted by atomic mass is 19.4. The second-order valence-corrected chi connectivity index (χ2v) is 5.14. The first kappa shape index (κ1) is 14.2. The van der Waals surface area contributed by atoms with Gasteiger partial charge in [0.1, 0.15) is 17.2 Å². The van der Waals surface area contributed by atoms with Gasteiger partial charge in [0.15, 0.2) is 5.82 Å². The van der Waals surface area contributed by atoms with Crippen LogP contribution >= 0.6 is 0 Å². The molecule has 108 valence electrons. The SMILES string of the molecule is CC(C)(C)c1nc(-c2nc(=O)o[nH]2)cc(C(F)(F)F)n1. The highest BCUT2D eigenvalue weighted by Gasteiger charge is 2.35. The van der Waals surface area contributed by atoms with E-state index >= 15 is 0 Å². The van der Waals surface area contributed by atoms with Gasteiger partial charge in [-0.25, -0.2) is 14.8 Å². The Bertz CT molecular complexity index is 650. The van der Waals surface area contributed by atoms with Crippen LogP contribution in [0.1, 0.15) is 32.3 Å². The lowest BCUT2D eigenvalue weighted by molar-refractivity contribution is -0.141. The molecule has 0 unspecified atom stereocenters. The second-order valence-electron chi connectivity index (χ2n) is 5.14. The molecule has 0 amide bonds. The summed E-state index contributed by atoms with van der Waals surface area (Å²) in [6.45, 7) is 5.04. The lowest BCUT2D eigenvalue weighted by Gasteiger charge is -2.18. The molecule has 2 aromatic rings. The van der Waals surface area contributed by atoms with Gasteiger partial charge in [-0.2, -0.15) is 23.3 Å². The molecule has 0 atom stereocenters. The Hall–Kier alpha value is -2.19. The smallest absolute Gasteiger partial charge is 0.321 e. The topological polar surface area (TPSA) is 84.7 Å². The van der Waals surface area contributed by atoms with Crippen LogP contribution < -0.4 is 5.76 Å². The Morgan fingerprint density at radius 2 is 1.80 bits per heavy atom. The lowest BCUT2D eigenvalue weighted by atomic mass is 9.95. The quantitative estimate of drug-likeness (QED) is 0.869. The molecular weight excluding hydrogens is 277 g/mol. The van der Waals surface area contributed by atoms with Gasteiger partial charge in [-0.3, -0.25) is 0 Å². The fourth-order valence-electron chi connectivity index (χ4n) is 1.39. The number of nitrogens with one attached hydrogen (secondary N) is 1. The van der Waals surface area contributed by atoms with E-state index in [-0.39, 0.29) is 17.3 Å². The highest BCUT2D eigenvalue weighted by Crippen LogP contribution is 2.31. The number of aromatic nitrogens is 4. The van der Waals surface area contributed by atoms with Crippen molar-refractivity contribution in [1.29, 1.82) is 0 Å². The van der Waals surface area contributed by atoms with Gasteiger partial charge >= 0.3 is 11.9 Å². The first-order valence-electron chi connectivity index (χ1n) is 5.60. The lowest BCUT2D eigenvalue weighted by Crippen LogP contribution is -2.20. The number of hydrogen-bond acceptors (Lipinski definition) is 5. The van der Waals surface area contributed by atoms with Crippen molar-refractivity contribution in [2.45, 2.75) is 32.4 Å². The summed E-state index contributed by atoms with van der Waals surface area (Å²) in [7, 11) is 0. The minimum Gasteiger partial charge on any atom is -0.321 e. The first-order valence-corrected chi connectivity index (χ1v) is 5.60. The Morgan fingerprint density at radius 3 is 2.25 bits per heavy atom. The Labute approximate surface area is 111 Å². The van der Waals surface area contributed by atoms with Gasteiger partial charge in [-0.1, -0.05) is 20.8 Å². The van der Waals surface area contributed by atoms with Crippen LogP contribution in [0, 0.1) is 0 Å². The molecule has 2 aromatic heterocycles. The van der Waals surface area contributed by atoms with Crippen molar-refractivity contribution in [3.63, 3.8) is 0 Å². The largest absolute Gasteiger partial charge is 0.460 e. The van der Waals surface area contributed by atoms with Crippen LogP contribution in [0.3, 0.4) is 0 Å². The Morgan fingerprint density at radius 1 is 1.15 bits per heavy atom. The average Bonchev–Trinajstić information content (AvgIpc) is 2.73. The van der Waals surface area contributed by atoms with Crippen molar-refractivity contribution >= 4 is 0 Å². The number of halogens is 3. The van der Waals surface area contributed by atoms with Crippen LogP contribution in [0.2, 0.25) is 0 Å². The number of hydrogen-bond donors (Lipinski definition) is 1. The summed E-state index contributed by atoms with van der Waals surface area (Å²) in [5, 5.41) is 2.12. The van der Waals surface area contributed by atoms with Crippen molar-refractivity contribution in [1.82, 2.24) is 20.1 Å². The molecule has 0 fully saturated rings. The third kappa shape index (κ3) is 2.86. The second kappa shape index (κ2) is 4.43. The fraction of sp³-hybridized carbons (Fsp3) is 0.455. The van der Waals surface area contributed by atoms with Crippen molar-refractivity contribution in [3.05, 3.63) is 28.1 Å². The van der Waals surface area contributed by atoms with Gasteiger partial charge in [-0.15, -0.1) is 0 Å². The monoisotopic (exact) mass is 288 g/mol. The van der Waals surface area contributed by atoms with Crippen LogP contribution in [-0.2, 0) is 11.6 Å². The molecule has 6 nitrogen and oxygen atoms in total. The first-order chi connectivity index (χ1) is 9.07. The standard InChI is InChI=1S/C11H11F3N4O2/c1-10(2,3)8-15-5(7-17-9(19)20-18-7)4-6(16-8)11(12,13)14/h4H,1-3H3,(H,17,18,19). The van der Waals surface area contributed by atoms with Crippen LogP contribution in [0.25, 0.3) is 11.5 Å². The van der Waals surface area contributed by atoms with E-state index in [9.17, 15) is 18.0 Å². The zero-order valence-corrected chi connectivity index (χ0v) is 10.9. The van der Waals surface area contributed by atoms with Crippen molar-refractivity contribution in [2.24, 2.45) is 0 Å². The minimum absolute atomic E-state index is 0.00817. The summed E-state index contributed by atoms with van der Waals surface area (Å²) in [5.41, 5.74) is -1.94. The molecular formula is C11H11F3N4O2. The van der Waals surface area contributed by atoms with Gasteiger partial charge in [0.2, 0.25) is 0 Å². The summed E-state index contributed by atoms with van der Waals surface area (Å²) in [6, 6.07) is 0.711. The normalized spacial score (nSPS) is 12.7. The summed E-state index contributed by atoms with van der Waals surface area (Å²) in [4.78, 5) is 21.8. The predicted octanol–water partition coefficient (Wildman–Crippen LogP) is 2.14. The molecule has 0 spiro atoms. The minimum atomic E-state index is -4.62. The molecule has 0 aromatic carbocycles. The van der Waals surface area contributed by atoms with Gasteiger partial charge in [0, 0.05) is 5.41 Å². The Kier molecular flexibility index (Phi) is 3.15. The average molecular weight is 288 g/mol. The summed E-state index contributed by atoms with van der Waals surface area (Å²) < 4.78 is 42.9. The van der Waals surface area contributed by atoms with E-state index in [4.69, 9.17) is 0 Å². The maximum absolute atomic E-state index is 12.9. The van der Waals surface area contributed by atoms with Crippen LogP contribution in [0.5, 0.6) is 0 Å². The molecule has 2 rings (SSSR count). The summed E-state index contributed by atoms with van der Waals surface area (Å²) >= 11 is 0. The summed E-state index contributed by atoms with van der Waals surface area (Å²) in [6.07, 6.45) is -4.62. The molecule has 0 saturated carbocycles. The van der Waals surface area contributed by atoms with Gasteiger partial charge in [-0.05, 0) is 6.07 Å². The van der Waals surface area contributed by atoms with E-state index in [0.717, 1.165) is 0 Å². The maximum atomic E-state index is 12.9. The molecule has 0 aliphatic carbocycles. The molecule has 9 heteroatoms. The highest BCUT2D eigenvalue weighted by molar-refractivity contribution is 5.48. The Balaban J connectivity index is 2.66. The summed E-state index contributed by atoms with van der Waals surface area (Å²) in [5.74, 6) is -1.12. The maximum Gasteiger partial charge on any atom is 0.460 e. The van der Waals surface area contributed by atoms with Gasteiger partial charge in [0.05, 0.1) is 0 Å². The zero-order chi connectivity index (χ0) is 15.1. The van der Waals surface area contributed by atoms with E-state index in [1.165, 1.54) is 0 Å². The number of nitrogens with zero attached hydrogens (tertiary/aromatic N) is 3. The molecule has 0 aliphatic rings. The van der Waals surface area contributed by atoms with Crippen LogP contribution in [0.15, 0.2) is 15.4 Å². The zero-order valence-electron chi connectivity index (χ0n) is 10.9. The van der Waals surface area contributed by atoms with E-state index in [1.54, 1.807) is 20.8 Å². The molecule has 0 saturated heterocycles. The van der Waals surface area contributed by atoms with E-state index in [2.05, 4.69) is 24.6 Å². The van der Waals surface area contributed by atoms with Crippen LogP contribution in [-0.4, -0.2) is 20.1 Å².